The molecule has 3 heterocycles. The number of benzene rings is 2. The van der Waals surface area contributed by atoms with E-state index in [1.54, 1.807) is 35.2 Å². The SMILES string of the molecule is Cc1ccc(-c2cc(C(F)F)n3ncc(C(=O)N4CCC[C@@H]4c4ccccc4F)c3n2)cc1. The number of carbonyl (C=O) groups excluding carboxylic acids is 1. The van der Waals surface area contributed by atoms with Crippen LogP contribution in [0, 0.1) is 12.7 Å². The van der Waals surface area contributed by atoms with Crippen LogP contribution in [0.1, 0.15) is 52.5 Å². The van der Waals surface area contributed by atoms with Crippen molar-refractivity contribution in [2.75, 3.05) is 6.54 Å². The van der Waals surface area contributed by atoms with E-state index in [2.05, 4.69) is 10.1 Å². The number of rotatable bonds is 4. The van der Waals surface area contributed by atoms with Gasteiger partial charge >= 0.3 is 0 Å². The van der Waals surface area contributed by atoms with Crippen molar-refractivity contribution >= 4 is 11.6 Å². The van der Waals surface area contributed by atoms with Gasteiger partial charge in [0.2, 0.25) is 0 Å². The topological polar surface area (TPSA) is 50.5 Å². The molecule has 0 aliphatic carbocycles. The number of carbonyl (C=O) groups is 1. The molecule has 1 amide bonds. The number of amides is 1. The predicted molar refractivity (Wildman–Crippen MR) is 118 cm³/mol. The molecule has 0 unspecified atom stereocenters. The lowest BCUT2D eigenvalue weighted by Crippen LogP contribution is -2.31. The lowest BCUT2D eigenvalue weighted by atomic mass is 10.0. The van der Waals surface area contributed by atoms with E-state index >= 15 is 0 Å². The van der Waals surface area contributed by atoms with Crippen LogP contribution in [0.4, 0.5) is 13.2 Å². The number of aromatic nitrogens is 3. The maximum absolute atomic E-state index is 14.4. The molecule has 0 saturated carbocycles. The first-order valence-corrected chi connectivity index (χ1v) is 10.7. The summed E-state index contributed by atoms with van der Waals surface area (Å²) in [6.45, 7) is 2.37. The Labute approximate surface area is 188 Å². The minimum Gasteiger partial charge on any atom is -0.331 e. The average molecular weight is 450 g/mol. The van der Waals surface area contributed by atoms with Crippen molar-refractivity contribution in [1.82, 2.24) is 19.5 Å². The number of likely N-dealkylation sites (tertiary alicyclic amines) is 1. The molecule has 0 spiro atoms. The summed E-state index contributed by atoms with van der Waals surface area (Å²) in [6.07, 6.45) is -0.197. The highest BCUT2D eigenvalue weighted by atomic mass is 19.3. The summed E-state index contributed by atoms with van der Waals surface area (Å²) in [5, 5.41) is 4.05. The van der Waals surface area contributed by atoms with Crippen LogP contribution >= 0.6 is 0 Å². The molecular weight excluding hydrogens is 429 g/mol. The molecule has 168 valence electrons. The van der Waals surface area contributed by atoms with Crippen molar-refractivity contribution in [2.24, 2.45) is 0 Å². The van der Waals surface area contributed by atoms with Gasteiger partial charge in [0.1, 0.15) is 17.1 Å². The molecule has 1 aliphatic heterocycles. The Bertz CT molecular complexity index is 1330. The highest BCUT2D eigenvalue weighted by Gasteiger charge is 2.34. The number of alkyl halides is 2. The molecule has 8 heteroatoms. The summed E-state index contributed by atoms with van der Waals surface area (Å²) in [7, 11) is 0. The lowest BCUT2D eigenvalue weighted by molar-refractivity contribution is 0.0735. The van der Waals surface area contributed by atoms with Gasteiger partial charge in [0.05, 0.1) is 17.9 Å². The molecule has 33 heavy (non-hydrogen) atoms. The molecule has 2 aromatic heterocycles. The van der Waals surface area contributed by atoms with Crippen LogP contribution in [0.5, 0.6) is 0 Å². The van der Waals surface area contributed by atoms with E-state index < -0.39 is 18.4 Å². The summed E-state index contributed by atoms with van der Waals surface area (Å²) in [5.41, 5.74) is 2.31. The van der Waals surface area contributed by atoms with Crippen molar-refractivity contribution < 1.29 is 18.0 Å². The fraction of sp³-hybridized carbons (Fsp3) is 0.240. The zero-order chi connectivity index (χ0) is 23.1. The third-order valence-electron chi connectivity index (χ3n) is 6.08. The van der Waals surface area contributed by atoms with Crippen molar-refractivity contribution in [1.29, 1.82) is 0 Å². The Kier molecular flexibility index (Phi) is 5.36. The Balaban J connectivity index is 1.60. The fourth-order valence-electron chi connectivity index (χ4n) is 4.40. The van der Waals surface area contributed by atoms with E-state index in [1.165, 1.54) is 18.3 Å². The highest BCUT2D eigenvalue weighted by Crippen LogP contribution is 2.35. The first-order valence-electron chi connectivity index (χ1n) is 10.7. The van der Waals surface area contributed by atoms with Crippen LogP contribution in [0.3, 0.4) is 0 Å². The van der Waals surface area contributed by atoms with Crippen molar-refractivity contribution in [3.63, 3.8) is 0 Å². The lowest BCUT2D eigenvalue weighted by Gasteiger charge is -2.25. The standard InChI is InChI=1S/C25H21F3N4O/c1-15-8-10-16(11-9-15)20-13-22(23(27)28)32-24(30-20)18(14-29-32)25(33)31-12-4-7-21(31)17-5-2-3-6-19(17)26/h2-3,5-6,8-11,13-14,21,23H,4,7,12H2,1H3/t21-/m1/s1. The third-order valence-corrected chi connectivity index (χ3v) is 6.08. The van der Waals surface area contributed by atoms with Gasteiger partial charge in [0.15, 0.2) is 5.65 Å². The van der Waals surface area contributed by atoms with Crippen LogP contribution < -0.4 is 0 Å². The second-order valence-electron chi connectivity index (χ2n) is 8.20. The summed E-state index contributed by atoms with van der Waals surface area (Å²) >= 11 is 0. The fourth-order valence-corrected chi connectivity index (χ4v) is 4.40. The quantitative estimate of drug-likeness (QED) is 0.397. The average Bonchev–Trinajstić information content (AvgIpc) is 3.46. The number of fused-ring (bicyclic) bond motifs is 1. The maximum Gasteiger partial charge on any atom is 0.280 e. The summed E-state index contributed by atoms with van der Waals surface area (Å²) < 4.78 is 43.2. The van der Waals surface area contributed by atoms with Crippen LogP contribution in [0.15, 0.2) is 60.8 Å². The van der Waals surface area contributed by atoms with E-state index in [9.17, 15) is 18.0 Å². The van der Waals surface area contributed by atoms with Gasteiger partial charge in [0, 0.05) is 17.7 Å². The molecule has 1 aliphatic rings. The van der Waals surface area contributed by atoms with Gasteiger partial charge in [-0.25, -0.2) is 22.7 Å². The van der Waals surface area contributed by atoms with Gasteiger partial charge in [0.25, 0.3) is 12.3 Å². The Morgan fingerprint density at radius 2 is 1.88 bits per heavy atom. The van der Waals surface area contributed by atoms with Crippen LogP contribution in [0.2, 0.25) is 0 Å². The molecule has 0 N–H and O–H groups in total. The zero-order valence-electron chi connectivity index (χ0n) is 17.9. The Hall–Kier alpha value is -3.68. The monoisotopic (exact) mass is 450 g/mol. The number of nitrogens with zero attached hydrogens (tertiary/aromatic N) is 4. The zero-order valence-corrected chi connectivity index (χ0v) is 17.9. The van der Waals surface area contributed by atoms with Crippen LogP contribution in [-0.2, 0) is 0 Å². The number of hydrogen-bond donors (Lipinski definition) is 0. The van der Waals surface area contributed by atoms with Crippen LogP contribution in [-0.4, -0.2) is 31.9 Å². The normalized spacial score (nSPS) is 16.2. The maximum atomic E-state index is 14.4. The van der Waals surface area contributed by atoms with Crippen molar-refractivity contribution in [3.8, 4) is 11.3 Å². The summed E-state index contributed by atoms with van der Waals surface area (Å²) in [5.74, 6) is -0.772. The van der Waals surface area contributed by atoms with E-state index in [0.29, 0.717) is 36.2 Å². The molecule has 1 fully saturated rings. The van der Waals surface area contributed by atoms with Gasteiger partial charge in [-0.15, -0.1) is 0 Å². The van der Waals surface area contributed by atoms with Gasteiger partial charge in [-0.3, -0.25) is 4.79 Å². The predicted octanol–water partition coefficient (Wildman–Crippen LogP) is 5.76. The third kappa shape index (κ3) is 3.75. The molecule has 5 nitrogen and oxygen atoms in total. The van der Waals surface area contributed by atoms with Gasteiger partial charge in [-0.2, -0.15) is 5.10 Å². The molecular formula is C25H21F3N4O. The van der Waals surface area contributed by atoms with Gasteiger partial charge in [-0.1, -0.05) is 48.0 Å². The first-order chi connectivity index (χ1) is 15.9. The van der Waals surface area contributed by atoms with E-state index in [4.69, 9.17) is 0 Å². The Morgan fingerprint density at radius 3 is 2.61 bits per heavy atom. The van der Waals surface area contributed by atoms with Gasteiger partial charge in [-0.05, 0) is 31.9 Å². The molecule has 0 bridgehead atoms. The summed E-state index contributed by atoms with van der Waals surface area (Å²) in [4.78, 5) is 19.6. The minimum absolute atomic E-state index is 0.0626. The van der Waals surface area contributed by atoms with E-state index in [-0.39, 0.29) is 22.7 Å². The van der Waals surface area contributed by atoms with Crippen molar-refractivity contribution in [3.05, 3.63) is 89.0 Å². The largest absolute Gasteiger partial charge is 0.331 e. The van der Waals surface area contributed by atoms with E-state index in [1.807, 2.05) is 19.1 Å². The Morgan fingerprint density at radius 1 is 1.12 bits per heavy atom. The van der Waals surface area contributed by atoms with Crippen molar-refractivity contribution in [2.45, 2.75) is 32.2 Å². The highest BCUT2D eigenvalue weighted by molar-refractivity contribution is 6.00. The van der Waals surface area contributed by atoms with Crippen LogP contribution in [0.25, 0.3) is 16.9 Å². The second kappa shape index (κ2) is 8.35. The molecule has 5 rings (SSSR count). The van der Waals surface area contributed by atoms with E-state index in [0.717, 1.165) is 10.1 Å². The number of hydrogen-bond acceptors (Lipinski definition) is 3. The first kappa shape index (κ1) is 21.2. The van der Waals surface area contributed by atoms with Gasteiger partial charge < -0.3 is 4.90 Å². The molecule has 0 radical (unpaired) electrons. The summed E-state index contributed by atoms with van der Waals surface area (Å²) in [6, 6.07) is 14.6. The molecule has 1 atom stereocenters. The number of halogens is 3. The molecule has 4 aromatic rings. The number of aryl methyl sites for hydroxylation is 1. The molecule has 1 saturated heterocycles. The molecule has 2 aromatic carbocycles. The smallest absolute Gasteiger partial charge is 0.280 e. The second-order valence-corrected chi connectivity index (χ2v) is 8.20. The minimum atomic E-state index is -2.81.